The summed E-state index contributed by atoms with van der Waals surface area (Å²) in [7, 11) is 0. The number of aromatic nitrogens is 1. The molecule has 0 aromatic carbocycles. The van der Waals surface area contributed by atoms with Crippen molar-refractivity contribution in [2.45, 2.75) is 0 Å². The van der Waals surface area contributed by atoms with E-state index in [1.165, 1.54) is 11.3 Å². The van der Waals surface area contributed by atoms with Crippen LogP contribution in [0.15, 0.2) is 38.2 Å². The van der Waals surface area contributed by atoms with E-state index in [2.05, 4.69) is 36.8 Å². The Morgan fingerprint density at radius 3 is 2.67 bits per heavy atom. The van der Waals surface area contributed by atoms with E-state index in [9.17, 15) is 4.79 Å². The van der Waals surface area contributed by atoms with Crippen LogP contribution in [0.5, 0.6) is 0 Å². The molecule has 2 aromatic rings. The number of carbonyl (C=O) groups is 1. The first-order valence-electron chi connectivity index (χ1n) is 4.05. The Kier molecular flexibility index (Phi) is 3.33. The zero-order valence-electron chi connectivity index (χ0n) is 7.41. The fourth-order valence-electron chi connectivity index (χ4n) is 1.14. The predicted octanol–water partition coefficient (Wildman–Crippen LogP) is 3.90. The van der Waals surface area contributed by atoms with Crippen molar-refractivity contribution in [2.24, 2.45) is 0 Å². The van der Waals surface area contributed by atoms with Gasteiger partial charge in [-0.1, -0.05) is 0 Å². The zero-order valence-corrected chi connectivity index (χ0v) is 11.4. The minimum absolute atomic E-state index is 0.0167. The summed E-state index contributed by atoms with van der Waals surface area (Å²) < 4.78 is 1.64. The lowest BCUT2D eigenvalue weighted by atomic mass is 10.1. The van der Waals surface area contributed by atoms with Crippen LogP contribution in [0.2, 0.25) is 0 Å². The topological polar surface area (TPSA) is 30.0 Å². The summed E-state index contributed by atoms with van der Waals surface area (Å²) in [5.74, 6) is -0.0167. The molecule has 0 N–H and O–H groups in total. The molecular weight excluding hydrogens is 342 g/mol. The lowest BCUT2D eigenvalue weighted by Gasteiger charge is -1.99. The Hall–Kier alpha value is -0.520. The van der Waals surface area contributed by atoms with E-state index >= 15 is 0 Å². The maximum atomic E-state index is 12.0. The quantitative estimate of drug-likeness (QED) is 0.772. The molecule has 0 fully saturated rings. The Labute approximate surface area is 108 Å². The number of carbonyl (C=O) groups excluding carboxylic acids is 1. The molecule has 76 valence electrons. The molecule has 5 heteroatoms. The van der Waals surface area contributed by atoms with Crippen molar-refractivity contribution in [3.63, 3.8) is 0 Å². The van der Waals surface area contributed by atoms with Crippen molar-refractivity contribution >= 4 is 49.0 Å². The summed E-state index contributed by atoms with van der Waals surface area (Å²) in [4.78, 5) is 16.0. The molecule has 0 saturated heterocycles. The van der Waals surface area contributed by atoms with E-state index in [4.69, 9.17) is 0 Å². The SMILES string of the molecule is O=C(c1cncc(Br)c1)c1cscc1Br. The lowest BCUT2D eigenvalue weighted by molar-refractivity contribution is 0.103. The molecule has 0 aliphatic carbocycles. The Morgan fingerprint density at radius 1 is 1.27 bits per heavy atom. The number of rotatable bonds is 2. The average Bonchev–Trinajstić information content (AvgIpc) is 2.63. The highest BCUT2D eigenvalue weighted by atomic mass is 79.9. The van der Waals surface area contributed by atoms with Gasteiger partial charge in [0.05, 0.1) is 0 Å². The van der Waals surface area contributed by atoms with E-state index in [0.29, 0.717) is 11.1 Å². The first kappa shape index (κ1) is 11.0. The number of nitrogens with zero attached hydrogens (tertiary/aromatic N) is 1. The van der Waals surface area contributed by atoms with Crippen LogP contribution in [-0.2, 0) is 0 Å². The third-order valence-corrected chi connectivity index (χ3v) is 3.96. The molecular formula is C10H5Br2NOS. The third-order valence-electron chi connectivity index (χ3n) is 1.83. The van der Waals surface area contributed by atoms with Gasteiger partial charge < -0.3 is 0 Å². The first-order chi connectivity index (χ1) is 7.18. The van der Waals surface area contributed by atoms with Crippen molar-refractivity contribution in [3.05, 3.63) is 49.3 Å². The lowest BCUT2D eigenvalue weighted by Crippen LogP contribution is -2.00. The summed E-state index contributed by atoms with van der Waals surface area (Å²) in [6.07, 6.45) is 3.22. The van der Waals surface area contributed by atoms with E-state index in [1.54, 1.807) is 18.5 Å². The van der Waals surface area contributed by atoms with Gasteiger partial charge in [0.25, 0.3) is 0 Å². The van der Waals surface area contributed by atoms with Crippen molar-refractivity contribution in [1.82, 2.24) is 4.98 Å². The van der Waals surface area contributed by atoms with Gasteiger partial charge in [-0.25, -0.2) is 0 Å². The van der Waals surface area contributed by atoms with Crippen molar-refractivity contribution in [1.29, 1.82) is 0 Å². The Bertz CT molecular complexity index is 510. The predicted molar refractivity (Wildman–Crippen MR) is 67.4 cm³/mol. The van der Waals surface area contributed by atoms with Crippen LogP contribution in [0.4, 0.5) is 0 Å². The van der Waals surface area contributed by atoms with Gasteiger partial charge in [-0.2, -0.15) is 11.3 Å². The van der Waals surface area contributed by atoms with Crippen molar-refractivity contribution < 1.29 is 4.79 Å². The molecule has 0 spiro atoms. The van der Waals surface area contributed by atoms with E-state index in [0.717, 1.165) is 8.95 Å². The molecule has 0 bridgehead atoms. The van der Waals surface area contributed by atoms with Gasteiger partial charge in [0.1, 0.15) is 0 Å². The van der Waals surface area contributed by atoms with Crippen LogP contribution in [0.3, 0.4) is 0 Å². The molecule has 0 unspecified atom stereocenters. The number of halogens is 2. The van der Waals surface area contributed by atoms with Gasteiger partial charge >= 0.3 is 0 Å². The molecule has 2 rings (SSSR count). The maximum Gasteiger partial charge on any atom is 0.196 e. The number of pyridine rings is 1. The first-order valence-corrected chi connectivity index (χ1v) is 6.58. The van der Waals surface area contributed by atoms with E-state index < -0.39 is 0 Å². The number of ketones is 1. The third kappa shape index (κ3) is 2.35. The van der Waals surface area contributed by atoms with Gasteiger partial charge in [0.2, 0.25) is 0 Å². The minimum atomic E-state index is -0.0167. The van der Waals surface area contributed by atoms with Gasteiger partial charge in [-0.15, -0.1) is 0 Å². The second kappa shape index (κ2) is 4.55. The van der Waals surface area contributed by atoms with Crippen molar-refractivity contribution in [3.8, 4) is 0 Å². The molecule has 2 aromatic heterocycles. The van der Waals surface area contributed by atoms with Gasteiger partial charge in [-0.05, 0) is 37.9 Å². The second-order valence-corrected chi connectivity index (χ2v) is 5.37. The van der Waals surface area contributed by atoms with Gasteiger partial charge in [-0.3, -0.25) is 9.78 Å². The van der Waals surface area contributed by atoms with Crippen LogP contribution in [0, 0.1) is 0 Å². The minimum Gasteiger partial charge on any atom is -0.288 e. The summed E-state index contributed by atoms with van der Waals surface area (Å²) in [6.45, 7) is 0. The number of thiophene rings is 1. The molecule has 0 aliphatic heterocycles. The normalized spacial score (nSPS) is 10.3. The Morgan fingerprint density at radius 2 is 2.07 bits per heavy atom. The zero-order chi connectivity index (χ0) is 10.8. The molecule has 0 amide bonds. The van der Waals surface area contributed by atoms with Gasteiger partial charge in [0.15, 0.2) is 5.78 Å². The monoisotopic (exact) mass is 345 g/mol. The average molecular weight is 347 g/mol. The molecule has 0 aliphatic rings. The van der Waals surface area contributed by atoms with Crippen LogP contribution in [0.25, 0.3) is 0 Å². The summed E-state index contributed by atoms with van der Waals surface area (Å²) >= 11 is 8.12. The molecule has 0 saturated carbocycles. The number of hydrogen-bond acceptors (Lipinski definition) is 3. The summed E-state index contributed by atoms with van der Waals surface area (Å²) in [6, 6.07) is 1.76. The summed E-state index contributed by atoms with van der Waals surface area (Å²) in [5.41, 5.74) is 1.27. The number of hydrogen-bond donors (Lipinski definition) is 0. The molecule has 0 radical (unpaired) electrons. The smallest absolute Gasteiger partial charge is 0.196 e. The fraction of sp³-hybridized carbons (Fsp3) is 0. The van der Waals surface area contributed by atoms with E-state index in [-0.39, 0.29) is 5.78 Å². The molecule has 2 nitrogen and oxygen atoms in total. The highest BCUT2D eigenvalue weighted by Crippen LogP contribution is 2.24. The second-order valence-electron chi connectivity index (χ2n) is 2.85. The molecule has 15 heavy (non-hydrogen) atoms. The van der Waals surface area contributed by atoms with Crippen LogP contribution >= 0.6 is 43.2 Å². The van der Waals surface area contributed by atoms with Crippen LogP contribution < -0.4 is 0 Å². The fourth-order valence-corrected chi connectivity index (χ4v) is 2.95. The van der Waals surface area contributed by atoms with Gasteiger partial charge in [0, 0.05) is 43.2 Å². The standard InChI is InChI=1S/C10H5Br2NOS/c11-7-1-6(2-13-3-7)10(14)8-4-15-5-9(8)12/h1-5H. The molecule has 0 atom stereocenters. The van der Waals surface area contributed by atoms with Crippen molar-refractivity contribution in [2.75, 3.05) is 0 Å². The van der Waals surface area contributed by atoms with E-state index in [1.807, 2.05) is 10.8 Å². The van der Waals surface area contributed by atoms with Crippen LogP contribution in [0.1, 0.15) is 15.9 Å². The largest absolute Gasteiger partial charge is 0.288 e. The highest BCUT2D eigenvalue weighted by Gasteiger charge is 2.13. The maximum absolute atomic E-state index is 12.0. The highest BCUT2D eigenvalue weighted by molar-refractivity contribution is 9.10. The van der Waals surface area contributed by atoms with Crippen LogP contribution in [-0.4, -0.2) is 10.8 Å². The molecule has 2 heterocycles. The Balaban J connectivity index is 2.41. The summed E-state index contributed by atoms with van der Waals surface area (Å²) in [5, 5.41) is 3.71.